The highest BCUT2D eigenvalue weighted by Gasteiger charge is 2.33. The van der Waals surface area contributed by atoms with Crippen molar-refractivity contribution in [2.45, 2.75) is 6.92 Å². The Bertz CT molecular complexity index is 933. The van der Waals surface area contributed by atoms with Gasteiger partial charge in [-0.05, 0) is 64.8 Å². The molecular formula is C18H13BrFNO3S2. The molecule has 0 bridgehead atoms. The van der Waals surface area contributed by atoms with Crippen LogP contribution in [0.3, 0.4) is 0 Å². The van der Waals surface area contributed by atoms with Gasteiger partial charge in [-0.25, -0.2) is 4.39 Å². The molecule has 0 spiro atoms. The first kappa shape index (κ1) is 18.9. The number of ether oxygens (including phenoxy) is 1. The van der Waals surface area contributed by atoms with E-state index in [2.05, 4.69) is 15.9 Å². The lowest BCUT2D eigenvalue weighted by atomic mass is 10.2. The molecule has 1 heterocycles. The molecule has 8 heteroatoms. The summed E-state index contributed by atoms with van der Waals surface area (Å²) in [5.74, 6) is -0.456. The van der Waals surface area contributed by atoms with E-state index < -0.39 is 5.82 Å². The van der Waals surface area contributed by atoms with Gasteiger partial charge in [0.2, 0.25) is 0 Å². The van der Waals surface area contributed by atoms with E-state index in [1.165, 1.54) is 23.1 Å². The van der Waals surface area contributed by atoms with Crippen LogP contribution in [0.1, 0.15) is 12.5 Å². The number of thioether (sulfide) groups is 1. The SMILES string of the molecule is CCOc1cc(/C=C2\SC(=S)N(c3cccc(F)c3)C2=O)cc(Br)c1O. The maximum atomic E-state index is 13.5. The molecule has 0 unspecified atom stereocenters. The zero-order valence-corrected chi connectivity index (χ0v) is 16.8. The lowest BCUT2D eigenvalue weighted by molar-refractivity contribution is -0.113. The van der Waals surface area contributed by atoms with E-state index in [0.717, 1.165) is 11.8 Å². The first-order valence-corrected chi connectivity index (χ1v) is 9.61. The van der Waals surface area contributed by atoms with Crippen molar-refractivity contribution in [2.24, 2.45) is 0 Å². The lowest BCUT2D eigenvalue weighted by Crippen LogP contribution is -2.27. The Kier molecular flexibility index (Phi) is 5.64. The van der Waals surface area contributed by atoms with Crippen molar-refractivity contribution < 1.29 is 19.0 Å². The van der Waals surface area contributed by atoms with Crippen LogP contribution in [0.5, 0.6) is 11.5 Å². The molecule has 1 saturated heterocycles. The standard InChI is InChI=1S/C18H13BrFNO3S2/c1-2-24-14-7-10(6-13(19)16(14)22)8-15-17(23)21(18(25)26-15)12-5-3-4-11(20)9-12/h3-9,22H,2H2,1H3/b15-8-. The summed E-state index contributed by atoms with van der Waals surface area (Å²) in [4.78, 5) is 14.4. The van der Waals surface area contributed by atoms with E-state index in [1.807, 2.05) is 6.92 Å². The van der Waals surface area contributed by atoms with E-state index in [4.69, 9.17) is 17.0 Å². The van der Waals surface area contributed by atoms with Crippen LogP contribution in [-0.4, -0.2) is 21.9 Å². The average molecular weight is 454 g/mol. The number of hydrogen-bond donors (Lipinski definition) is 1. The normalized spacial score (nSPS) is 15.8. The maximum absolute atomic E-state index is 13.5. The summed E-state index contributed by atoms with van der Waals surface area (Å²) in [6.07, 6.45) is 1.66. The van der Waals surface area contributed by atoms with Crippen LogP contribution in [0, 0.1) is 5.82 Å². The van der Waals surface area contributed by atoms with Crippen molar-refractivity contribution in [1.29, 1.82) is 0 Å². The van der Waals surface area contributed by atoms with E-state index in [-0.39, 0.29) is 11.7 Å². The van der Waals surface area contributed by atoms with E-state index in [0.29, 0.717) is 37.3 Å². The van der Waals surface area contributed by atoms with E-state index >= 15 is 0 Å². The van der Waals surface area contributed by atoms with Gasteiger partial charge in [0.25, 0.3) is 5.91 Å². The third-order valence-corrected chi connectivity index (χ3v) is 5.42. The second kappa shape index (κ2) is 7.77. The molecule has 1 aliphatic rings. The van der Waals surface area contributed by atoms with Crippen molar-refractivity contribution in [3.63, 3.8) is 0 Å². The Morgan fingerprint density at radius 2 is 2.15 bits per heavy atom. The smallest absolute Gasteiger partial charge is 0.270 e. The molecule has 0 aromatic heterocycles. The van der Waals surface area contributed by atoms with E-state index in [9.17, 15) is 14.3 Å². The molecule has 1 amide bonds. The molecular weight excluding hydrogens is 441 g/mol. The summed E-state index contributed by atoms with van der Waals surface area (Å²) >= 11 is 9.69. The third kappa shape index (κ3) is 3.77. The number of phenolic OH excluding ortho intramolecular Hbond substituents is 1. The van der Waals surface area contributed by atoms with Gasteiger partial charge >= 0.3 is 0 Å². The second-order valence-electron chi connectivity index (χ2n) is 5.28. The molecule has 2 aromatic rings. The topological polar surface area (TPSA) is 49.8 Å². The minimum Gasteiger partial charge on any atom is -0.503 e. The maximum Gasteiger partial charge on any atom is 0.270 e. The van der Waals surface area contributed by atoms with Gasteiger partial charge in [-0.1, -0.05) is 30.0 Å². The molecule has 0 radical (unpaired) electrons. The predicted octanol–water partition coefficient (Wildman–Crippen LogP) is 5.10. The van der Waals surface area contributed by atoms with Gasteiger partial charge in [0.1, 0.15) is 5.82 Å². The molecule has 0 aliphatic carbocycles. The zero-order valence-electron chi connectivity index (χ0n) is 13.5. The number of amides is 1. The Morgan fingerprint density at radius 3 is 2.85 bits per heavy atom. The molecule has 1 N–H and O–H groups in total. The van der Waals surface area contributed by atoms with Crippen LogP contribution in [0.4, 0.5) is 10.1 Å². The first-order chi connectivity index (χ1) is 12.4. The van der Waals surface area contributed by atoms with Crippen molar-refractivity contribution in [1.82, 2.24) is 0 Å². The second-order valence-corrected chi connectivity index (χ2v) is 7.81. The number of hydrogen-bond acceptors (Lipinski definition) is 5. The van der Waals surface area contributed by atoms with Crippen LogP contribution < -0.4 is 9.64 Å². The highest BCUT2D eigenvalue weighted by Crippen LogP contribution is 2.39. The number of halogens is 2. The molecule has 0 atom stereocenters. The van der Waals surface area contributed by atoms with Crippen LogP contribution in [0.25, 0.3) is 6.08 Å². The Balaban J connectivity index is 1.96. The number of thiocarbonyl (C=S) groups is 1. The van der Waals surface area contributed by atoms with Crippen LogP contribution in [0.15, 0.2) is 45.8 Å². The number of carbonyl (C=O) groups is 1. The molecule has 1 fully saturated rings. The zero-order chi connectivity index (χ0) is 18.8. The fraction of sp³-hybridized carbons (Fsp3) is 0.111. The number of rotatable bonds is 4. The molecule has 4 nitrogen and oxygen atoms in total. The summed E-state index contributed by atoms with van der Waals surface area (Å²) in [5, 5.41) is 10.00. The van der Waals surface area contributed by atoms with Crippen LogP contribution >= 0.6 is 39.9 Å². The summed E-state index contributed by atoms with van der Waals surface area (Å²) in [5.41, 5.74) is 1.05. The highest BCUT2D eigenvalue weighted by atomic mass is 79.9. The number of phenols is 1. The number of nitrogens with zero attached hydrogens (tertiary/aromatic N) is 1. The van der Waals surface area contributed by atoms with E-state index in [1.54, 1.807) is 24.3 Å². The summed E-state index contributed by atoms with van der Waals surface area (Å²) in [6.45, 7) is 2.20. The van der Waals surface area contributed by atoms with Gasteiger partial charge in [-0.2, -0.15) is 0 Å². The van der Waals surface area contributed by atoms with Crippen molar-refractivity contribution in [3.05, 3.63) is 57.2 Å². The lowest BCUT2D eigenvalue weighted by Gasteiger charge is -2.14. The fourth-order valence-electron chi connectivity index (χ4n) is 2.40. The Morgan fingerprint density at radius 1 is 1.38 bits per heavy atom. The predicted molar refractivity (Wildman–Crippen MR) is 109 cm³/mol. The number of carbonyl (C=O) groups excluding carboxylic acids is 1. The minimum atomic E-state index is -0.440. The molecule has 3 rings (SSSR count). The third-order valence-electron chi connectivity index (χ3n) is 3.51. The molecule has 1 aliphatic heterocycles. The summed E-state index contributed by atoms with van der Waals surface area (Å²) in [6, 6.07) is 9.03. The molecule has 0 saturated carbocycles. The van der Waals surface area contributed by atoms with Gasteiger partial charge in [-0.15, -0.1) is 0 Å². The van der Waals surface area contributed by atoms with Gasteiger partial charge in [0, 0.05) is 0 Å². The van der Waals surface area contributed by atoms with Gasteiger partial charge in [-0.3, -0.25) is 9.69 Å². The first-order valence-electron chi connectivity index (χ1n) is 7.59. The summed E-state index contributed by atoms with van der Waals surface area (Å²) in [7, 11) is 0. The quantitative estimate of drug-likeness (QED) is 0.515. The van der Waals surface area contributed by atoms with Crippen molar-refractivity contribution in [3.8, 4) is 11.5 Å². The van der Waals surface area contributed by atoms with Gasteiger partial charge in [0.15, 0.2) is 15.8 Å². The van der Waals surface area contributed by atoms with Crippen molar-refractivity contribution >= 4 is 61.9 Å². The fourth-order valence-corrected chi connectivity index (χ4v) is 4.16. The number of anilines is 1. The van der Waals surface area contributed by atoms with Gasteiger partial charge in [0.05, 0.1) is 21.7 Å². The van der Waals surface area contributed by atoms with Gasteiger partial charge < -0.3 is 9.84 Å². The van der Waals surface area contributed by atoms with Crippen LogP contribution in [-0.2, 0) is 4.79 Å². The summed E-state index contributed by atoms with van der Waals surface area (Å²) < 4.78 is 19.7. The largest absolute Gasteiger partial charge is 0.503 e. The molecule has 2 aromatic carbocycles. The Labute approximate surface area is 167 Å². The minimum absolute atomic E-state index is 0.00342. The number of benzene rings is 2. The molecule has 134 valence electrons. The molecule has 26 heavy (non-hydrogen) atoms. The monoisotopic (exact) mass is 453 g/mol. The van der Waals surface area contributed by atoms with Crippen molar-refractivity contribution in [2.75, 3.05) is 11.5 Å². The average Bonchev–Trinajstić information content (AvgIpc) is 2.86. The number of aromatic hydroxyl groups is 1. The highest BCUT2D eigenvalue weighted by molar-refractivity contribution is 9.10. The Hall–Kier alpha value is -1.90. The van der Waals surface area contributed by atoms with Crippen LogP contribution in [0.2, 0.25) is 0 Å².